The van der Waals surface area contributed by atoms with Gasteiger partial charge in [0.05, 0.1) is 6.26 Å². The number of hydrogen-bond donors (Lipinski definition) is 0. The molecule has 1 aliphatic heterocycles. The van der Waals surface area contributed by atoms with E-state index in [1.165, 1.54) is 0 Å². The molecule has 2 aromatic heterocycles. The molecule has 0 bridgehead atoms. The number of carbonyl (C=O) groups excluding carboxylic acids is 1. The summed E-state index contributed by atoms with van der Waals surface area (Å²) in [6.45, 7) is 2.83. The first kappa shape index (κ1) is 17.0. The van der Waals surface area contributed by atoms with Crippen LogP contribution in [-0.4, -0.2) is 47.2 Å². The van der Waals surface area contributed by atoms with Crippen molar-refractivity contribution >= 4 is 34.3 Å². The molecule has 1 amide bonds. The summed E-state index contributed by atoms with van der Waals surface area (Å²) in [5.74, 6) is 1.61. The molecule has 0 aliphatic carbocycles. The van der Waals surface area contributed by atoms with Gasteiger partial charge >= 0.3 is 0 Å². The minimum Gasteiger partial charge on any atom is -0.463 e. The number of furan rings is 1. The number of aromatic nitrogens is 2. The molecule has 26 heavy (non-hydrogen) atoms. The second kappa shape index (κ2) is 7.45. The van der Waals surface area contributed by atoms with Gasteiger partial charge < -0.3 is 14.2 Å². The van der Waals surface area contributed by atoms with Crippen LogP contribution in [0.4, 0.5) is 5.82 Å². The van der Waals surface area contributed by atoms with Gasteiger partial charge in [-0.05, 0) is 71.1 Å². The number of nitrogens with zero attached hydrogens (tertiary/aromatic N) is 4. The summed E-state index contributed by atoms with van der Waals surface area (Å²) < 4.78 is 6.46. The predicted molar refractivity (Wildman–Crippen MR) is 107 cm³/mol. The highest BCUT2D eigenvalue weighted by atomic mass is 127. The van der Waals surface area contributed by atoms with Gasteiger partial charge in [0, 0.05) is 35.3 Å². The molecule has 0 saturated carbocycles. The SMILES string of the molecule is O=C(c1ccc(I)cc1)N1CCN(c2ccc(-c3ccco3)nn2)CC1. The molecule has 1 aromatic carbocycles. The molecule has 7 heteroatoms. The zero-order chi connectivity index (χ0) is 17.9. The summed E-state index contributed by atoms with van der Waals surface area (Å²) in [7, 11) is 0. The molecule has 1 fully saturated rings. The van der Waals surface area contributed by atoms with Crippen LogP contribution in [0.5, 0.6) is 0 Å². The molecule has 1 saturated heterocycles. The minimum atomic E-state index is 0.0836. The van der Waals surface area contributed by atoms with Gasteiger partial charge in [-0.3, -0.25) is 4.79 Å². The van der Waals surface area contributed by atoms with E-state index in [4.69, 9.17) is 4.42 Å². The van der Waals surface area contributed by atoms with Crippen LogP contribution in [0.1, 0.15) is 10.4 Å². The molecule has 4 rings (SSSR count). The standard InChI is InChI=1S/C19H17IN4O2/c20-15-5-3-14(4-6-15)19(25)24-11-9-23(10-12-24)18-8-7-16(21-22-18)17-2-1-13-26-17/h1-8,13H,9-12H2. The summed E-state index contributed by atoms with van der Waals surface area (Å²) in [6.07, 6.45) is 1.62. The van der Waals surface area contributed by atoms with Crippen molar-refractivity contribution in [1.29, 1.82) is 0 Å². The van der Waals surface area contributed by atoms with Crippen LogP contribution in [0.25, 0.3) is 11.5 Å². The average molecular weight is 460 g/mol. The highest BCUT2D eigenvalue weighted by Gasteiger charge is 2.23. The molecule has 132 valence electrons. The number of benzene rings is 1. The molecule has 0 spiro atoms. The van der Waals surface area contributed by atoms with Crippen molar-refractivity contribution in [2.75, 3.05) is 31.1 Å². The van der Waals surface area contributed by atoms with E-state index in [2.05, 4.69) is 37.7 Å². The Kier molecular flexibility index (Phi) is 4.87. The number of halogens is 1. The fraction of sp³-hybridized carbons (Fsp3) is 0.211. The Balaban J connectivity index is 1.39. The lowest BCUT2D eigenvalue weighted by Crippen LogP contribution is -2.49. The third-order valence-electron chi connectivity index (χ3n) is 4.41. The first-order valence-electron chi connectivity index (χ1n) is 8.38. The second-order valence-corrected chi connectivity index (χ2v) is 7.29. The van der Waals surface area contributed by atoms with E-state index in [-0.39, 0.29) is 5.91 Å². The fourth-order valence-corrected chi connectivity index (χ4v) is 3.32. The van der Waals surface area contributed by atoms with Crippen molar-refractivity contribution in [2.24, 2.45) is 0 Å². The Morgan fingerprint density at radius 2 is 1.73 bits per heavy atom. The van der Waals surface area contributed by atoms with Crippen LogP contribution in [-0.2, 0) is 0 Å². The summed E-state index contributed by atoms with van der Waals surface area (Å²) >= 11 is 2.24. The summed E-state index contributed by atoms with van der Waals surface area (Å²) in [4.78, 5) is 16.6. The molecule has 0 unspecified atom stereocenters. The quantitative estimate of drug-likeness (QED) is 0.562. The average Bonchev–Trinajstić information content (AvgIpc) is 3.23. The minimum absolute atomic E-state index is 0.0836. The van der Waals surface area contributed by atoms with Crippen LogP contribution in [0.2, 0.25) is 0 Å². The zero-order valence-corrected chi connectivity index (χ0v) is 16.2. The Hall–Kier alpha value is -2.42. The normalized spacial score (nSPS) is 14.5. The van der Waals surface area contributed by atoms with Crippen molar-refractivity contribution in [3.63, 3.8) is 0 Å². The summed E-state index contributed by atoms with van der Waals surface area (Å²) in [5, 5.41) is 8.55. The van der Waals surface area contributed by atoms with E-state index in [1.54, 1.807) is 6.26 Å². The molecule has 0 N–H and O–H groups in total. The topological polar surface area (TPSA) is 62.5 Å². The Morgan fingerprint density at radius 3 is 2.35 bits per heavy atom. The summed E-state index contributed by atoms with van der Waals surface area (Å²) in [6, 6.07) is 15.2. The lowest BCUT2D eigenvalue weighted by atomic mass is 10.2. The molecule has 6 nitrogen and oxygen atoms in total. The molecular formula is C19H17IN4O2. The first-order valence-corrected chi connectivity index (χ1v) is 9.46. The number of anilines is 1. The second-order valence-electron chi connectivity index (χ2n) is 6.04. The number of piperazine rings is 1. The van der Waals surface area contributed by atoms with Crippen molar-refractivity contribution in [2.45, 2.75) is 0 Å². The van der Waals surface area contributed by atoms with Crippen molar-refractivity contribution in [1.82, 2.24) is 15.1 Å². The Morgan fingerprint density at radius 1 is 0.962 bits per heavy atom. The van der Waals surface area contributed by atoms with Gasteiger partial charge in [-0.2, -0.15) is 0 Å². The molecule has 0 atom stereocenters. The van der Waals surface area contributed by atoms with Crippen LogP contribution in [0, 0.1) is 3.57 Å². The lowest BCUT2D eigenvalue weighted by Gasteiger charge is -2.35. The van der Waals surface area contributed by atoms with Crippen molar-refractivity contribution < 1.29 is 9.21 Å². The van der Waals surface area contributed by atoms with E-state index in [0.717, 1.165) is 28.0 Å². The maximum Gasteiger partial charge on any atom is 0.253 e. The van der Waals surface area contributed by atoms with Gasteiger partial charge in [0.1, 0.15) is 5.69 Å². The van der Waals surface area contributed by atoms with E-state index in [0.29, 0.717) is 24.5 Å². The Labute approximate surface area is 165 Å². The van der Waals surface area contributed by atoms with Crippen molar-refractivity contribution in [3.05, 3.63) is 63.9 Å². The zero-order valence-electron chi connectivity index (χ0n) is 14.0. The highest BCUT2D eigenvalue weighted by Crippen LogP contribution is 2.20. The largest absolute Gasteiger partial charge is 0.463 e. The van der Waals surface area contributed by atoms with Gasteiger partial charge in [0.25, 0.3) is 5.91 Å². The van der Waals surface area contributed by atoms with Gasteiger partial charge in [-0.1, -0.05) is 0 Å². The van der Waals surface area contributed by atoms with E-state index >= 15 is 0 Å². The summed E-state index contributed by atoms with van der Waals surface area (Å²) in [5.41, 5.74) is 1.45. The molecule has 3 heterocycles. The van der Waals surface area contributed by atoms with E-state index < -0.39 is 0 Å². The first-order chi connectivity index (χ1) is 12.7. The van der Waals surface area contributed by atoms with Crippen molar-refractivity contribution in [3.8, 4) is 11.5 Å². The third-order valence-corrected chi connectivity index (χ3v) is 5.13. The number of rotatable bonds is 3. The van der Waals surface area contributed by atoms with Crippen LogP contribution >= 0.6 is 22.6 Å². The van der Waals surface area contributed by atoms with Crippen LogP contribution in [0.3, 0.4) is 0 Å². The monoisotopic (exact) mass is 460 g/mol. The predicted octanol–water partition coefficient (Wildman–Crippen LogP) is 3.30. The van der Waals surface area contributed by atoms with E-state index in [9.17, 15) is 4.79 Å². The highest BCUT2D eigenvalue weighted by molar-refractivity contribution is 14.1. The van der Waals surface area contributed by atoms with Gasteiger partial charge in [-0.15, -0.1) is 10.2 Å². The van der Waals surface area contributed by atoms with Crippen LogP contribution in [0.15, 0.2) is 59.2 Å². The molecule has 3 aromatic rings. The molecular weight excluding hydrogens is 443 g/mol. The fourth-order valence-electron chi connectivity index (χ4n) is 2.96. The Bertz CT molecular complexity index is 871. The molecule has 0 radical (unpaired) electrons. The maximum atomic E-state index is 12.6. The van der Waals surface area contributed by atoms with Crippen LogP contribution < -0.4 is 4.90 Å². The maximum absolute atomic E-state index is 12.6. The number of hydrogen-bond acceptors (Lipinski definition) is 5. The lowest BCUT2D eigenvalue weighted by molar-refractivity contribution is 0.0746. The van der Waals surface area contributed by atoms with Gasteiger partial charge in [0.2, 0.25) is 0 Å². The van der Waals surface area contributed by atoms with Gasteiger partial charge in [0.15, 0.2) is 11.6 Å². The third kappa shape index (κ3) is 3.57. The molecule has 1 aliphatic rings. The smallest absolute Gasteiger partial charge is 0.253 e. The number of carbonyl (C=O) groups is 1. The van der Waals surface area contributed by atoms with Gasteiger partial charge in [-0.25, -0.2) is 0 Å². The van der Waals surface area contributed by atoms with E-state index in [1.807, 2.05) is 53.4 Å². The number of amides is 1.